The number of anilines is 1. The Bertz CT molecular complexity index is 976. The Morgan fingerprint density at radius 2 is 2.00 bits per heavy atom. The fourth-order valence-corrected chi connectivity index (χ4v) is 4.88. The summed E-state index contributed by atoms with van der Waals surface area (Å²) in [6, 6.07) is 16.7. The minimum absolute atomic E-state index is 0.0104. The van der Waals surface area contributed by atoms with E-state index in [0.29, 0.717) is 42.1 Å². The number of ether oxygens (including phenoxy) is 2. The average molecular weight is 454 g/mol. The topological polar surface area (TPSA) is 80.2 Å². The molecule has 0 spiro atoms. The van der Waals surface area contributed by atoms with Crippen LogP contribution in [0.4, 0.5) is 11.4 Å². The highest BCUT2D eigenvalue weighted by atomic mass is 32.2. The first-order valence-corrected chi connectivity index (χ1v) is 11.8. The van der Waals surface area contributed by atoms with Crippen LogP contribution in [-0.4, -0.2) is 53.0 Å². The number of aliphatic imine (C=N–C) groups is 1. The van der Waals surface area contributed by atoms with E-state index in [1.54, 1.807) is 4.90 Å². The van der Waals surface area contributed by atoms with Gasteiger partial charge >= 0.3 is 0 Å². The number of para-hydroxylation sites is 3. The molecular weight excluding hydrogens is 426 g/mol. The monoisotopic (exact) mass is 453 g/mol. The van der Waals surface area contributed by atoms with E-state index in [1.165, 1.54) is 11.8 Å². The Hall–Kier alpha value is -2.84. The first-order chi connectivity index (χ1) is 15.6. The van der Waals surface area contributed by atoms with Gasteiger partial charge in [0.15, 0.2) is 5.17 Å². The second-order valence-corrected chi connectivity index (χ2v) is 8.77. The maximum Gasteiger partial charge on any atom is 0.242 e. The summed E-state index contributed by atoms with van der Waals surface area (Å²) in [6.07, 6.45) is 1.97. The van der Waals surface area contributed by atoms with Gasteiger partial charge in [0, 0.05) is 18.7 Å². The summed E-state index contributed by atoms with van der Waals surface area (Å²) in [7, 11) is 0. The van der Waals surface area contributed by atoms with Crippen LogP contribution >= 0.6 is 11.8 Å². The van der Waals surface area contributed by atoms with Crippen molar-refractivity contribution in [1.82, 2.24) is 4.90 Å². The largest absolute Gasteiger partial charge is 0.492 e. The van der Waals surface area contributed by atoms with Crippen molar-refractivity contribution in [3.8, 4) is 5.75 Å². The Labute approximate surface area is 192 Å². The van der Waals surface area contributed by atoms with Gasteiger partial charge in [-0.1, -0.05) is 42.1 Å². The Kier molecular flexibility index (Phi) is 7.44. The molecule has 0 aliphatic carbocycles. The minimum atomic E-state index is -0.530. The second kappa shape index (κ2) is 10.7. The fraction of sp³-hybridized carbons (Fsp3) is 0.375. The minimum Gasteiger partial charge on any atom is -0.492 e. The molecule has 7 nitrogen and oxygen atoms in total. The molecule has 0 bridgehead atoms. The molecule has 0 saturated carbocycles. The summed E-state index contributed by atoms with van der Waals surface area (Å²) < 4.78 is 11.4. The lowest BCUT2D eigenvalue weighted by Crippen LogP contribution is -2.38. The van der Waals surface area contributed by atoms with Gasteiger partial charge in [-0.3, -0.25) is 14.5 Å². The van der Waals surface area contributed by atoms with Gasteiger partial charge in [-0.25, -0.2) is 4.99 Å². The molecule has 2 aromatic carbocycles. The molecule has 32 heavy (non-hydrogen) atoms. The van der Waals surface area contributed by atoms with Gasteiger partial charge < -0.3 is 14.8 Å². The van der Waals surface area contributed by atoms with E-state index >= 15 is 0 Å². The standard InChI is InChI=1S/C24H27N3O4S/c1-2-30-20-13-7-6-12-19(20)26-24-27(16-18-11-8-14-31-18)23(29)21(32-24)15-22(28)25-17-9-4-3-5-10-17/h3-7,9-10,12-13,18,21H,2,8,11,14-16H2,1H3,(H,25,28). The number of nitrogens with one attached hydrogen (secondary N) is 1. The highest BCUT2D eigenvalue weighted by Crippen LogP contribution is 2.35. The summed E-state index contributed by atoms with van der Waals surface area (Å²) in [5.41, 5.74) is 1.38. The molecule has 1 N–H and O–H groups in total. The van der Waals surface area contributed by atoms with E-state index in [1.807, 2.05) is 61.5 Å². The van der Waals surface area contributed by atoms with Crippen LogP contribution in [0.1, 0.15) is 26.2 Å². The number of carbonyl (C=O) groups is 2. The first-order valence-electron chi connectivity index (χ1n) is 10.9. The lowest BCUT2D eigenvalue weighted by atomic mass is 10.2. The number of amidine groups is 1. The van der Waals surface area contributed by atoms with E-state index in [-0.39, 0.29) is 24.3 Å². The van der Waals surface area contributed by atoms with Crippen molar-refractivity contribution >= 4 is 40.1 Å². The maximum absolute atomic E-state index is 13.2. The Morgan fingerprint density at radius 3 is 2.75 bits per heavy atom. The number of hydrogen-bond acceptors (Lipinski definition) is 6. The number of thioether (sulfide) groups is 1. The quantitative estimate of drug-likeness (QED) is 0.647. The van der Waals surface area contributed by atoms with E-state index < -0.39 is 5.25 Å². The van der Waals surface area contributed by atoms with Crippen LogP contribution in [0.5, 0.6) is 5.75 Å². The van der Waals surface area contributed by atoms with Crippen LogP contribution in [0.15, 0.2) is 59.6 Å². The summed E-state index contributed by atoms with van der Waals surface area (Å²) in [5, 5.41) is 2.91. The highest BCUT2D eigenvalue weighted by molar-refractivity contribution is 8.15. The molecule has 2 aromatic rings. The molecule has 2 unspecified atom stereocenters. The van der Waals surface area contributed by atoms with Crippen molar-refractivity contribution in [3.63, 3.8) is 0 Å². The van der Waals surface area contributed by atoms with Gasteiger partial charge in [0.2, 0.25) is 11.8 Å². The fourth-order valence-electron chi connectivity index (χ4n) is 3.72. The molecular formula is C24H27N3O4S. The number of rotatable bonds is 8. The Balaban J connectivity index is 1.53. The summed E-state index contributed by atoms with van der Waals surface area (Å²) >= 11 is 1.33. The van der Waals surface area contributed by atoms with Crippen molar-refractivity contribution in [2.24, 2.45) is 4.99 Å². The van der Waals surface area contributed by atoms with Crippen LogP contribution in [0, 0.1) is 0 Å². The predicted octanol–water partition coefficient (Wildman–Crippen LogP) is 4.22. The zero-order chi connectivity index (χ0) is 22.3. The summed E-state index contributed by atoms with van der Waals surface area (Å²) in [6.45, 7) is 3.60. The Morgan fingerprint density at radius 1 is 1.22 bits per heavy atom. The van der Waals surface area contributed by atoms with Crippen molar-refractivity contribution in [1.29, 1.82) is 0 Å². The van der Waals surface area contributed by atoms with Crippen LogP contribution in [0.3, 0.4) is 0 Å². The molecule has 4 rings (SSSR count). The van der Waals surface area contributed by atoms with Crippen molar-refractivity contribution in [2.75, 3.05) is 25.1 Å². The van der Waals surface area contributed by atoms with Gasteiger partial charge in [0.05, 0.1) is 19.3 Å². The normalized spacial score (nSPS) is 21.8. The van der Waals surface area contributed by atoms with Crippen molar-refractivity contribution in [3.05, 3.63) is 54.6 Å². The first kappa shape index (κ1) is 22.4. The second-order valence-electron chi connectivity index (χ2n) is 7.60. The average Bonchev–Trinajstić information content (AvgIpc) is 3.40. The molecule has 2 aliphatic heterocycles. The molecule has 168 valence electrons. The SMILES string of the molecule is CCOc1ccccc1N=C1SC(CC(=O)Nc2ccccc2)C(=O)N1CC1CCCO1. The lowest BCUT2D eigenvalue weighted by Gasteiger charge is -2.20. The third-order valence-corrected chi connectivity index (χ3v) is 6.42. The zero-order valence-corrected chi connectivity index (χ0v) is 18.8. The smallest absolute Gasteiger partial charge is 0.242 e. The van der Waals surface area contributed by atoms with Crippen molar-refractivity contribution in [2.45, 2.75) is 37.5 Å². The number of carbonyl (C=O) groups excluding carboxylic acids is 2. The van der Waals surface area contributed by atoms with Crippen LogP contribution < -0.4 is 10.1 Å². The number of hydrogen-bond donors (Lipinski definition) is 1. The highest BCUT2D eigenvalue weighted by Gasteiger charge is 2.40. The molecule has 2 saturated heterocycles. The van der Waals surface area contributed by atoms with Gasteiger partial charge in [-0.2, -0.15) is 0 Å². The molecule has 2 heterocycles. The molecule has 8 heteroatoms. The van der Waals surface area contributed by atoms with E-state index in [2.05, 4.69) is 5.32 Å². The molecule has 2 aliphatic rings. The molecule has 2 amide bonds. The predicted molar refractivity (Wildman–Crippen MR) is 126 cm³/mol. The van der Waals surface area contributed by atoms with Gasteiger partial charge in [0.25, 0.3) is 0 Å². The van der Waals surface area contributed by atoms with Gasteiger partial charge in [0.1, 0.15) is 16.7 Å². The third-order valence-electron chi connectivity index (χ3n) is 5.24. The number of benzene rings is 2. The summed E-state index contributed by atoms with van der Waals surface area (Å²) in [5.74, 6) is 0.356. The zero-order valence-electron chi connectivity index (χ0n) is 18.0. The maximum atomic E-state index is 13.2. The van der Waals surface area contributed by atoms with E-state index in [0.717, 1.165) is 12.8 Å². The van der Waals surface area contributed by atoms with Crippen LogP contribution in [0.25, 0.3) is 0 Å². The lowest BCUT2D eigenvalue weighted by molar-refractivity contribution is -0.129. The van der Waals surface area contributed by atoms with Gasteiger partial charge in [-0.15, -0.1) is 0 Å². The number of nitrogens with zero attached hydrogens (tertiary/aromatic N) is 2. The van der Waals surface area contributed by atoms with E-state index in [9.17, 15) is 9.59 Å². The molecule has 0 aromatic heterocycles. The van der Waals surface area contributed by atoms with E-state index in [4.69, 9.17) is 14.5 Å². The van der Waals surface area contributed by atoms with Crippen molar-refractivity contribution < 1.29 is 19.1 Å². The molecule has 2 atom stereocenters. The summed E-state index contributed by atoms with van der Waals surface area (Å²) in [4.78, 5) is 32.3. The number of amides is 2. The van der Waals surface area contributed by atoms with Crippen LogP contribution in [-0.2, 0) is 14.3 Å². The molecule has 0 radical (unpaired) electrons. The molecule has 2 fully saturated rings. The van der Waals surface area contributed by atoms with Gasteiger partial charge in [-0.05, 0) is 44.0 Å². The van der Waals surface area contributed by atoms with Crippen LogP contribution in [0.2, 0.25) is 0 Å². The third kappa shape index (κ3) is 5.49.